The highest BCUT2D eigenvalue weighted by molar-refractivity contribution is 6.01. The zero-order chi connectivity index (χ0) is 20.7. The van der Waals surface area contributed by atoms with Crippen molar-refractivity contribution in [3.63, 3.8) is 0 Å². The average molecular weight is 386 g/mol. The first-order chi connectivity index (χ1) is 13.3. The number of likely N-dealkylation sites (N-methyl/N-ethyl adjacent to an activating group) is 1. The van der Waals surface area contributed by atoms with Crippen molar-refractivity contribution >= 4 is 23.3 Å². The SMILES string of the molecule is COc1ccc(C)cc1C(=O)CCC(=O)N(C)CC(=O)Nc1ccc(F)cc1. The molecule has 0 aliphatic rings. The molecule has 0 aliphatic carbocycles. The number of rotatable bonds is 8. The van der Waals surface area contributed by atoms with Crippen LogP contribution in [0, 0.1) is 12.7 Å². The minimum Gasteiger partial charge on any atom is -0.496 e. The molecule has 0 saturated heterocycles. The van der Waals surface area contributed by atoms with Crippen LogP contribution in [0.4, 0.5) is 10.1 Å². The summed E-state index contributed by atoms with van der Waals surface area (Å²) in [4.78, 5) is 37.9. The average Bonchev–Trinajstić information content (AvgIpc) is 2.67. The molecule has 0 unspecified atom stereocenters. The van der Waals surface area contributed by atoms with E-state index in [0.29, 0.717) is 17.0 Å². The van der Waals surface area contributed by atoms with Gasteiger partial charge >= 0.3 is 0 Å². The molecule has 7 heteroatoms. The number of nitrogens with one attached hydrogen (secondary N) is 1. The lowest BCUT2D eigenvalue weighted by atomic mass is 10.0. The van der Waals surface area contributed by atoms with Crippen LogP contribution in [-0.4, -0.2) is 43.2 Å². The summed E-state index contributed by atoms with van der Waals surface area (Å²) < 4.78 is 18.1. The molecule has 0 atom stereocenters. The third kappa shape index (κ3) is 5.90. The number of halogens is 1. The second-order valence-corrected chi connectivity index (χ2v) is 6.43. The predicted molar refractivity (Wildman–Crippen MR) is 104 cm³/mol. The van der Waals surface area contributed by atoms with Crippen molar-refractivity contribution in [3.05, 3.63) is 59.4 Å². The Labute approximate surface area is 163 Å². The van der Waals surface area contributed by atoms with Gasteiger partial charge in [0.25, 0.3) is 0 Å². The molecule has 1 N–H and O–H groups in total. The maximum Gasteiger partial charge on any atom is 0.243 e. The number of hydrogen-bond donors (Lipinski definition) is 1. The zero-order valence-electron chi connectivity index (χ0n) is 16.1. The lowest BCUT2D eigenvalue weighted by Gasteiger charge is -2.17. The van der Waals surface area contributed by atoms with E-state index in [-0.39, 0.29) is 31.1 Å². The molecule has 0 radical (unpaired) electrons. The second-order valence-electron chi connectivity index (χ2n) is 6.43. The Kier molecular flexibility index (Phi) is 7.26. The number of carbonyl (C=O) groups is 3. The smallest absolute Gasteiger partial charge is 0.243 e. The van der Waals surface area contributed by atoms with E-state index in [2.05, 4.69) is 5.32 Å². The fourth-order valence-electron chi connectivity index (χ4n) is 2.62. The summed E-state index contributed by atoms with van der Waals surface area (Å²) in [5, 5.41) is 2.58. The molecular formula is C21H23FN2O4. The van der Waals surface area contributed by atoms with E-state index in [4.69, 9.17) is 4.74 Å². The summed E-state index contributed by atoms with van der Waals surface area (Å²) >= 11 is 0. The molecule has 0 aromatic heterocycles. The second kappa shape index (κ2) is 9.64. The van der Waals surface area contributed by atoms with Crippen LogP contribution < -0.4 is 10.1 Å². The zero-order valence-corrected chi connectivity index (χ0v) is 16.1. The van der Waals surface area contributed by atoms with Crippen molar-refractivity contribution in [2.75, 3.05) is 26.0 Å². The number of ether oxygens (including phenoxy) is 1. The summed E-state index contributed by atoms with van der Waals surface area (Å²) in [5.41, 5.74) is 1.80. The van der Waals surface area contributed by atoms with Crippen LogP contribution in [0.1, 0.15) is 28.8 Å². The first-order valence-electron chi connectivity index (χ1n) is 8.77. The predicted octanol–water partition coefficient (Wildman–Crippen LogP) is 3.20. The fraction of sp³-hybridized carbons (Fsp3) is 0.286. The van der Waals surface area contributed by atoms with E-state index in [0.717, 1.165) is 5.56 Å². The van der Waals surface area contributed by atoms with Crippen molar-refractivity contribution in [1.82, 2.24) is 4.90 Å². The van der Waals surface area contributed by atoms with Gasteiger partial charge in [-0.1, -0.05) is 11.6 Å². The normalized spacial score (nSPS) is 10.3. The van der Waals surface area contributed by atoms with Gasteiger partial charge in [-0.2, -0.15) is 0 Å². The molecule has 2 aromatic carbocycles. The summed E-state index contributed by atoms with van der Waals surface area (Å²) in [6, 6.07) is 10.6. The molecule has 6 nitrogen and oxygen atoms in total. The molecule has 2 amide bonds. The maximum absolute atomic E-state index is 12.9. The van der Waals surface area contributed by atoms with Crippen LogP contribution in [0.3, 0.4) is 0 Å². The number of anilines is 1. The summed E-state index contributed by atoms with van der Waals surface area (Å²) in [7, 11) is 2.98. The Morgan fingerprint density at radius 2 is 1.75 bits per heavy atom. The number of ketones is 1. The van der Waals surface area contributed by atoms with Crippen molar-refractivity contribution in [1.29, 1.82) is 0 Å². The van der Waals surface area contributed by atoms with Gasteiger partial charge in [0.1, 0.15) is 11.6 Å². The molecule has 0 saturated carbocycles. The van der Waals surface area contributed by atoms with E-state index in [1.54, 1.807) is 12.1 Å². The van der Waals surface area contributed by atoms with Gasteiger partial charge in [0.15, 0.2) is 5.78 Å². The molecule has 2 aromatic rings. The Morgan fingerprint density at radius 3 is 2.39 bits per heavy atom. The third-order valence-corrected chi connectivity index (χ3v) is 4.16. The molecule has 0 bridgehead atoms. The van der Waals surface area contributed by atoms with E-state index in [1.165, 1.54) is 43.3 Å². The molecule has 148 valence electrons. The van der Waals surface area contributed by atoms with Crippen LogP contribution in [0.25, 0.3) is 0 Å². The Balaban J connectivity index is 1.86. The van der Waals surface area contributed by atoms with E-state index < -0.39 is 11.7 Å². The van der Waals surface area contributed by atoms with Gasteiger partial charge in [-0.3, -0.25) is 14.4 Å². The summed E-state index contributed by atoms with van der Waals surface area (Å²) in [6.45, 7) is 1.70. The molecule has 0 spiro atoms. The number of hydrogen-bond acceptors (Lipinski definition) is 4. The van der Waals surface area contributed by atoms with Gasteiger partial charge in [0, 0.05) is 25.6 Å². The molecule has 0 fully saturated rings. The third-order valence-electron chi connectivity index (χ3n) is 4.16. The maximum atomic E-state index is 12.9. The van der Waals surface area contributed by atoms with Gasteiger partial charge in [0.2, 0.25) is 11.8 Å². The first kappa shape index (κ1) is 21.1. The van der Waals surface area contributed by atoms with E-state index >= 15 is 0 Å². The van der Waals surface area contributed by atoms with E-state index in [1.807, 2.05) is 13.0 Å². The van der Waals surface area contributed by atoms with Crippen LogP contribution in [0.5, 0.6) is 5.75 Å². The van der Waals surface area contributed by atoms with E-state index in [9.17, 15) is 18.8 Å². The molecule has 0 heterocycles. The van der Waals surface area contributed by atoms with Crippen LogP contribution >= 0.6 is 0 Å². The highest BCUT2D eigenvalue weighted by atomic mass is 19.1. The number of carbonyl (C=O) groups excluding carboxylic acids is 3. The quantitative estimate of drug-likeness (QED) is 0.707. The number of Topliss-reactive ketones (excluding diaryl/α,β-unsaturated/α-hetero) is 1. The van der Waals surface area contributed by atoms with Crippen molar-refractivity contribution in [2.45, 2.75) is 19.8 Å². The molecule has 0 aliphatic heterocycles. The summed E-state index contributed by atoms with van der Waals surface area (Å²) in [5.74, 6) is -0.864. The topological polar surface area (TPSA) is 75.7 Å². The lowest BCUT2D eigenvalue weighted by molar-refractivity contribution is -0.133. The standard InChI is InChI=1S/C21H23FN2O4/c1-14-4-10-19(28-3)17(12-14)18(25)9-11-21(27)24(2)13-20(26)23-16-7-5-15(22)6-8-16/h4-8,10,12H,9,11,13H2,1-3H3,(H,23,26). The highest BCUT2D eigenvalue weighted by Gasteiger charge is 2.17. The first-order valence-corrected chi connectivity index (χ1v) is 8.77. The Bertz CT molecular complexity index is 865. The summed E-state index contributed by atoms with van der Waals surface area (Å²) in [6.07, 6.45) is -0.00117. The molecule has 28 heavy (non-hydrogen) atoms. The van der Waals surface area contributed by atoms with Gasteiger partial charge in [-0.05, 0) is 43.3 Å². The number of aryl methyl sites for hydroxylation is 1. The van der Waals surface area contributed by atoms with Crippen molar-refractivity contribution in [3.8, 4) is 5.75 Å². The Morgan fingerprint density at radius 1 is 1.07 bits per heavy atom. The number of benzene rings is 2. The minimum absolute atomic E-state index is 0.0164. The van der Waals surface area contributed by atoms with Gasteiger partial charge < -0.3 is 15.0 Å². The number of methoxy groups -OCH3 is 1. The molecular weight excluding hydrogens is 363 g/mol. The number of nitrogens with zero attached hydrogens (tertiary/aromatic N) is 1. The van der Waals surface area contributed by atoms with Gasteiger partial charge in [0.05, 0.1) is 19.2 Å². The van der Waals surface area contributed by atoms with Crippen LogP contribution in [0.2, 0.25) is 0 Å². The van der Waals surface area contributed by atoms with Crippen LogP contribution in [0.15, 0.2) is 42.5 Å². The largest absolute Gasteiger partial charge is 0.496 e. The number of amides is 2. The molecule has 2 rings (SSSR count). The van der Waals surface area contributed by atoms with Crippen LogP contribution in [-0.2, 0) is 9.59 Å². The van der Waals surface area contributed by atoms with Gasteiger partial charge in [-0.15, -0.1) is 0 Å². The fourth-order valence-corrected chi connectivity index (χ4v) is 2.62. The lowest BCUT2D eigenvalue weighted by Crippen LogP contribution is -2.35. The Hall–Kier alpha value is -3.22. The van der Waals surface area contributed by atoms with Crippen molar-refractivity contribution in [2.24, 2.45) is 0 Å². The minimum atomic E-state index is -0.408. The highest BCUT2D eigenvalue weighted by Crippen LogP contribution is 2.21. The van der Waals surface area contributed by atoms with Gasteiger partial charge in [-0.25, -0.2) is 4.39 Å². The monoisotopic (exact) mass is 386 g/mol. The van der Waals surface area contributed by atoms with Crippen molar-refractivity contribution < 1.29 is 23.5 Å².